The van der Waals surface area contributed by atoms with Crippen LogP contribution in [0.3, 0.4) is 0 Å². The first-order chi connectivity index (χ1) is 12.9. The number of carbonyl (C=O) groups excluding carboxylic acids is 2. The summed E-state index contributed by atoms with van der Waals surface area (Å²) < 4.78 is 25.7. The standard InChI is InChI=1S/C17H15N5O4S/c1-18-27(25,26)11-5-3-10(4-6-11)21-22-15-14-12(20-17(15)24)7-2-9-8-19-16(23)13(9)14/h2-7,18,21H,8H2,1H3,(H,19,23)(H,20,22,24). The molecule has 0 aliphatic carbocycles. The van der Waals surface area contributed by atoms with Gasteiger partial charge in [0, 0.05) is 12.1 Å². The van der Waals surface area contributed by atoms with Gasteiger partial charge in [-0.15, -0.1) is 0 Å². The highest BCUT2D eigenvalue weighted by molar-refractivity contribution is 7.89. The number of nitrogens with zero attached hydrogens (tertiary/aromatic N) is 1. The molecular weight excluding hydrogens is 370 g/mol. The molecule has 0 bridgehead atoms. The first-order valence-corrected chi connectivity index (χ1v) is 9.52. The minimum Gasteiger partial charge on any atom is -0.348 e. The number of hydrazone groups is 1. The molecule has 0 saturated carbocycles. The molecular formula is C17H15N5O4S. The second kappa shape index (κ2) is 6.18. The Hall–Kier alpha value is -3.24. The van der Waals surface area contributed by atoms with Crippen LogP contribution in [-0.4, -0.2) is 33.0 Å². The molecule has 4 rings (SSSR count). The first-order valence-electron chi connectivity index (χ1n) is 8.04. The Bertz CT molecular complexity index is 1110. The number of sulfonamides is 1. The Kier molecular flexibility index (Phi) is 3.93. The van der Waals surface area contributed by atoms with Crippen molar-refractivity contribution in [2.24, 2.45) is 5.10 Å². The molecule has 9 nitrogen and oxygen atoms in total. The predicted molar refractivity (Wildman–Crippen MR) is 99.1 cm³/mol. The molecule has 0 aromatic heterocycles. The molecule has 2 aliphatic rings. The van der Waals surface area contributed by atoms with E-state index in [4.69, 9.17) is 0 Å². The summed E-state index contributed by atoms with van der Waals surface area (Å²) in [5.74, 6) is -0.660. The van der Waals surface area contributed by atoms with Gasteiger partial charge < -0.3 is 10.6 Å². The first kappa shape index (κ1) is 17.2. The number of fused-ring (bicyclic) bond motifs is 3. The van der Waals surface area contributed by atoms with Gasteiger partial charge in [-0.05, 0) is 42.9 Å². The second-order valence-electron chi connectivity index (χ2n) is 5.96. The van der Waals surface area contributed by atoms with Crippen molar-refractivity contribution in [1.82, 2.24) is 10.0 Å². The largest absolute Gasteiger partial charge is 0.348 e. The predicted octanol–water partition coefficient (Wildman–Crippen LogP) is 0.606. The Morgan fingerprint density at radius 2 is 1.74 bits per heavy atom. The summed E-state index contributed by atoms with van der Waals surface area (Å²) in [7, 11) is -2.20. The third kappa shape index (κ3) is 2.84. The molecule has 0 spiro atoms. The topological polar surface area (TPSA) is 129 Å². The summed E-state index contributed by atoms with van der Waals surface area (Å²) in [6, 6.07) is 9.44. The normalized spacial score (nSPS) is 16.7. The van der Waals surface area contributed by atoms with Crippen LogP contribution < -0.4 is 20.8 Å². The van der Waals surface area contributed by atoms with Crippen LogP contribution in [0.4, 0.5) is 11.4 Å². The van der Waals surface area contributed by atoms with Gasteiger partial charge >= 0.3 is 0 Å². The molecule has 138 valence electrons. The third-order valence-electron chi connectivity index (χ3n) is 4.39. The van der Waals surface area contributed by atoms with Crippen LogP contribution in [0.25, 0.3) is 0 Å². The average molecular weight is 385 g/mol. The van der Waals surface area contributed by atoms with Crippen LogP contribution in [0, 0.1) is 0 Å². The lowest BCUT2D eigenvalue weighted by molar-refractivity contribution is -0.110. The summed E-state index contributed by atoms with van der Waals surface area (Å²) in [6.45, 7) is 0.414. The summed E-state index contributed by atoms with van der Waals surface area (Å²) in [6.07, 6.45) is 0. The fourth-order valence-corrected chi connectivity index (χ4v) is 3.75. The zero-order valence-electron chi connectivity index (χ0n) is 14.2. The van der Waals surface area contributed by atoms with E-state index in [1.165, 1.54) is 31.3 Å². The minimum absolute atomic E-state index is 0.103. The summed E-state index contributed by atoms with van der Waals surface area (Å²) in [5.41, 5.74) is 5.60. The van der Waals surface area contributed by atoms with E-state index in [1.807, 2.05) is 0 Å². The van der Waals surface area contributed by atoms with Crippen LogP contribution >= 0.6 is 0 Å². The van der Waals surface area contributed by atoms with Gasteiger partial charge in [-0.2, -0.15) is 5.10 Å². The van der Waals surface area contributed by atoms with E-state index >= 15 is 0 Å². The summed E-state index contributed by atoms with van der Waals surface area (Å²) >= 11 is 0. The van der Waals surface area contributed by atoms with E-state index in [-0.39, 0.29) is 16.5 Å². The Balaban J connectivity index is 1.66. The molecule has 0 fully saturated rings. The lowest BCUT2D eigenvalue weighted by atomic mass is 9.99. The number of rotatable bonds is 4. The molecule has 2 aromatic rings. The second-order valence-corrected chi connectivity index (χ2v) is 7.85. The van der Waals surface area contributed by atoms with Gasteiger partial charge in [-0.1, -0.05) is 6.07 Å². The Morgan fingerprint density at radius 3 is 2.44 bits per heavy atom. The van der Waals surface area contributed by atoms with Crippen molar-refractivity contribution in [1.29, 1.82) is 0 Å². The van der Waals surface area contributed by atoms with Gasteiger partial charge in [-0.3, -0.25) is 15.0 Å². The molecule has 2 aromatic carbocycles. The number of amides is 2. The molecule has 0 unspecified atom stereocenters. The van der Waals surface area contributed by atoms with Gasteiger partial charge in [0.2, 0.25) is 10.0 Å². The highest BCUT2D eigenvalue weighted by atomic mass is 32.2. The van der Waals surface area contributed by atoms with Crippen LogP contribution in [0.2, 0.25) is 0 Å². The Labute approximate surface area is 154 Å². The van der Waals surface area contributed by atoms with Gasteiger partial charge in [0.25, 0.3) is 11.8 Å². The monoisotopic (exact) mass is 385 g/mol. The summed E-state index contributed by atoms with van der Waals surface area (Å²) in [4.78, 5) is 24.5. The lowest BCUT2D eigenvalue weighted by Crippen LogP contribution is -2.19. The van der Waals surface area contributed by atoms with E-state index in [2.05, 4.69) is 25.9 Å². The van der Waals surface area contributed by atoms with E-state index < -0.39 is 15.9 Å². The number of carbonyl (C=O) groups is 2. The fraction of sp³-hybridized carbons (Fsp3) is 0.118. The minimum atomic E-state index is -3.53. The third-order valence-corrected chi connectivity index (χ3v) is 5.82. The van der Waals surface area contributed by atoms with Crippen LogP contribution in [-0.2, 0) is 21.4 Å². The van der Waals surface area contributed by atoms with Crippen molar-refractivity contribution in [2.45, 2.75) is 11.4 Å². The van der Waals surface area contributed by atoms with Crippen molar-refractivity contribution < 1.29 is 18.0 Å². The quantitative estimate of drug-likeness (QED) is 0.573. The fourth-order valence-electron chi connectivity index (χ4n) is 3.02. The number of hydrogen-bond acceptors (Lipinski definition) is 6. The number of benzene rings is 2. The molecule has 10 heteroatoms. The molecule has 2 amide bonds. The van der Waals surface area contributed by atoms with Crippen molar-refractivity contribution in [3.63, 3.8) is 0 Å². The Morgan fingerprint density at radius 1 is 1.00 bits per heavy atom. The van der Waals surface area contributed by atoms with Crippen molar-refractivity contribution >= 4 is 38.9 Å². The summed E-state index contributed by atoms with van der Waals surface area (Å²) in [5, 5.41) is 9.58. The van der Waals surface area contributed by atoms with Crippen LogP contribution in [0.1, 0.15) is 21.5 Å². The molecule has 0 saturated heterocycles. The van der Waals surface area contributed by atoms with E-state index in [1.54, 1.807) is 12.1 Å². The van der Waals surface area contributed by atoms with Crippen molar-refractivity contribution in [2.75, 3.05) is 17.8 Å². The van der Waals surface area contributed by atoms with Gasteiger partial charge in [-0.25, -0.2) is 13.1 Å². The maximum Gasteiger partial charge on any atom is 0.276 e. The van der Waals surface area contributed by atoms with E-state index in [0.29, 0.717) is 29.0 Å². The van der Waals surface area contributed by atoms with Crippen LogP contribution in [0.5, 0.6) is 0 Å². The van der Waals surface area contributed by atoms with E-state index in [9.17, 15) is 18.0 Å². The number of nitrogens with one attached hydrogen (secondary N) is 4. The van der Waals surface area contributed by atoms with Crippen molar-refractivity contribution in [3.8, 4) is 0 Å². The van der Waals surface area contributed by atoms with Crippen LogP contribution in [0.15, 0.2) is 46.4 Å². The number of anilines is 2. The van der Waals surface area contributed by atoms with Gasteiger partial charge in [0.15, 0.2) is 5.71 Å². The maximum atomic E-state index is 12.3. The molecule has 2 aliphatic heterocycles. The molecule has 0 atom stereocenters. The zero-order chi connectivity index (χ0) is 19.2. The number of hydrogen-bond donors (Lipinski definition) is 4. The SMILES string of the molecule is CNS(=O)(=O)c1ccc(N/N=C2/C(=O)Nc3ccc4c(c32)C(=O)NC4)cc1. The smallest absolute Gasteiger partial charge is 0.276 e. The molecule has 2 heterocycles. The lowest BCUT2D eigenvalue weighted by Gasteiger charge is -2.06. The average Bonchev–Trinajstić information content (AvgIpc) is 3.19. The highest BCUT2D eigenvalue weighted by Crippen LogP contribution is 2.32. The van der Waals surface area contributed by atoms with E-state index in [0.717, 1.165) is 5.56 Å². The molecule has 4 N–H and O–H groups in total. The molecule has 0 radical (unpaired) electrons. The van der Waals surface area contributed by atoms with Crippen molar-refractivity contribution in [3.05, 3.63) is 53.1 Å². The molecule has 27 heavy (non-hydrogen) atoms. The zero-order valence-corrected chi connectivity index (χ0v) is 15.0. The maximum absolute atomic E-state index is 12.3. The highest BCUT2D eigenvalue weighted by Gasteiger charge is 2.35. The van der Waals surface area contributed by atoms with Gasteiger partial charge in [0.1, 0.15) is 0 Å². The van der Waals surface area contributed by atoms with Gasteiger partial charge in [0.05, 0.1) is 21.8 Å².